The van der Waals surface area contributed by atoms with Crippen molar-refractivity contribution in [3.05, 3.63) is 69.7 Å². The summed E-state index contributed by atoms with van der Waals surface area (Å²) in [5, 5.41) is 1.14. The number of carbonyl (C=O) groups excluding carboxylic acids is 1. The van der Waals surface area contributed by atoms with Gasteiger partial charge in [0.2, 0.25) is 0 Å². The molecule has 2 aromatic carbocycles. The van der Waals surface area contributed by atoms with E-state index >= 15 is 0 Å². The molecule has 0 aliphatic heterocycles. The summed E-state index contributed by atoms with van der Waals surface area (Å²) in [7, 11) is 0. The normalized spacial score (nSPS) is 16.3. The fourth-order valence-electron chi connectivity index (χ4n) is 3.05. The fourth-order valence-corrected chi connectivity index (χ4v) is 3.58. The highest BCUT2D eigenvalue weighted by atomic mass is 35.5. The van der Waals surface area contributed by atoms with E-state index in [2.05, 4.69) is 0 Å². The van der Waals surface area contributed by atoms with Crippen molar-refractivity contribution in [1.29, 1.82) is 0 Å². The number of carbonyl (C=O) groups is 1. The summed E-state index contributed by atoms with van der Waals surface area (Å²) >= 11 is 12.4. The minimum atomic E-state index is -0.343. The van der Waals surface area contributed by atoms with Crippen LogP contribution in [0, 0.1) is 0 Å². The lowest BCUT2D eigenvalue weighted by molar-refractivity contribution is -0.127. The largest absolute Gasteiger partial charge is 0.298 e. The van der Waals surface area contributed by atoms with Crippen molar-refractivity contribution >= 4 is 29.0 Å². The lowest BCUT2D eigenvalue weighted by Gasteiger charge is -2.41. The Morgan fingerprint density at radius 3 is 2.10 bits per heavy atom. The summed E-state index contributed by atoms with van der Waals surface area (Å²) in [6.45, 7) is 0. The second-order valence-corrected chi connectivity index (χ2v) is 6.42. The van der Waals surface area contributed by atoms with Crippen LogP contribution in [0.3, 0.4) is 0 Å². The van der Waals surface area contributed by atoms with Crippen LogP contribution < -0.4 is 0 Å². The summed E-state index contributed by atoms with van der Waals surface area (Å²) in [6, 6.07) is 15.4. The molecule has 2 aromatic rings. The Labute approximate surface area is 134 Å². The Morgan fingerprint density at radius 1 is 0.952 bits per heavy atom. The van der Waals surface area contributed by atoms with Gasteiger partial charge in [-0.05, 0) is 36.1 Å². The van der Waals surface area contributed by atoms with E-state index in [4.69, 9.17) is 23.2 Å². The molecular formula is C18H16Cl2O. The zero-order chi connectivity index (χ0) is 14.9. The van der Waals surface area contributed by atoms with Crippen molar-refractivity contribution in [3.8, 4) is 0 Å². The van der Waals surface area contributed by atoms with Gasteiger partial charge >= 0.3 is 0 Å². The van der Waals surface area contributed by atoms with Crippen LogP contribution in [0.15, 0.2) is 48.5 Å². The van der Waals surface area contributed by atoms with E-state index in [1.807, 2.05) is 30.3 Å². The maximum absolute atomic E-state index is 12.9. The quantitative estimate of drug-likeness (QED) is 0.754. The molecule has 0 N–H and O–H groups in total. The molecule has 1 nitrogen and oxygen atoms in total. The second kappa shape index (κ2) is 5.82. The maximum atomic E-state index is 12.9. The monoisotopic (exact) mass is 318 g/mol. The minimum Gasteiger partial charge on any atom is -0.298 e. The van der Waals surface area contributed by atoms with Crippen LogP contribution in [0.5, 0.6) is 0 Å². The van der Waals surface area contributed by atoms with E-state index < -0.39 is 0 Å². The van der Waals surface area contributed by atoms with E-state index in [-0.39, 0.29) is 11.2 Å². The number of benzene rings is 2. The van der Waals surface area contributed by atoms with Gasteiger partial charge in [-0.15, -0.1) is 0 Å². The molecule has 0 spiro atoms. The summed E-state index contributed by atoms with van der Waals surface area (Å²) in [5.74, 6) is 0.218. The molecular weight excluding hydrogens is 303 g/mol. The highest BCUT2D eigenvalue weighted by Crippen LogP contribution is 2.45. The van der Waals surface area contributed by atoms with Crippen molar-refractivity contribution in [2.45, 2.75) is 31.1 Å². The molecule has 1 aliphatic rings. The Hall–Kier alpha value is -1.31. The van der Waals surface area contributed by atoms with Gasteiger partial charge in [0, 0.05) is 16.5 Å². The first kappa shape index (κ1) is 14.6. The number of hydrogen-bond acceptors (Lipinski definition) is 1. The third-order valence-corrected chi connectivity index (χ3v) is 5.17. The SMILES string of the molecule is O=C(Cc1c(Cl)cccc1Cl)C1(c2ccccc2)CCC1. The van der Waals surface area contributed by atoms with Gasteiger partial charge < -0.3 is 0 Å². The zero-order valence-corrected chi connectivity index (χ0v) is 13.1. The van der Waals surface area contributed by atoms with Crippen LogP contribution in [0.2, 0.25) is 10.0 Å². The molecule has 1 fully saturated rings. The number of Topliss-reactive ketones (excluding diaryl/α,β-unsaturated/α-hetero) is 1. The summed E-state index contributed by atoms with van der Waals surface area (Å²) in [6.07, 6.45) is 3.22. The van der Waals surface area contributed by atoms with Crippen LogP contribution >= 0.6 is 23.2 Å². The molecule has 108 valence electrons. The fraction of sp³-hybridized carbons (Fsp3) is 0.278. The molecule has 0 radical (unpaired) electrons. The zero-order valence-electron chi connectivity index (χ0n) is 11.6. The summed E-state index contributed by atoms with van der Waals surface area (Å²) in [5.41, 5.74) is 1.52. The minimum absolute atomic E-state index is 0.218. The van der Waals surface area contributed by atoms with Crippen LogP contribution in [-0.2, 0) is 16.6 Å². The lowest BCUT2D eigenvalue weighted by Crippen LogP contribution is -2.43. The van der Waals surface area contributed by atoms with Gasteiger partial charge in [0.1, 0.15) is 5.78 Å². The summed E-state index contributed by atoms with van der Waals surface area (Å²) < 4.78 is 0. The molecule has 0 saturated heterocycles. The Morgan fingerprint density at radius 2 is 1.57 bits per heavy atom. The van der Waals surface area contributed by atoms with Gasteiger partial charge in [-0.25, -0.2) is 0 Å². The van der Waals surface area contributed by atoms with Gasteiger partial charge in [0.25, 0.3) is 0 Å². The number of rotatable bonds is 4. The third kappa shape index (κ3) is 2.61. The predicted octanol–water partition coefficient (Wildman–Crippen LogP) is 5.23. The van der Waals surface area contributed by atoms with E-state index in [1.165, 1.54) is 0 Å². The first-order valence-corrected chi connectivity index (χ1v) is 7.91. The molecule has 21 heavy (non-hydrogen) atoms. The predicted molar refractivity (Wildman–Crippen MR) is 87.1 cm³/mol. The number of ketones is 1. The van der Waals surface area contributed by atoms with E-state index in [0.717, 1.165) is 30.4 Å². The van der Waals surface area contributed by atoms with Crippen molar-refractivity contribution in [2.75, 3.05) is 0 Å². The van der Waals surface area contributed by atoms with Crippen molar-refractivity contribution in [2.24, 2.45) is 0 Å². The van der Waals surface area contributed by atoms with Crippen LogP contribution in [0.4, 0.5) is 0 Å². The lowest BCUT2D eigenvalue weighted by atomic mass is 9.61. The average Bonchev–Trinajstić information content (AvgIpc) is 2.43. The van der Waals surface area contributed by atoms with Crippen LogP contribution in [0.25, 0.3) is 0 Å². The van der Waals surface area contributed by atoms with Crippen LogP contribution in [-0.4, -0.2) is 5.78 Å². The van der Waals surface area contributed by atoms with E-state index in [0.29, 0.717) is 16.5 Å². The van der Waals surface area contributed by atoms with E-state index in [1.54, 1.807) is 18.2 Å². The van der Waals surface area contributed by atoms with Crippen molar-refractivity contribution < 1.29 is 4.79 Å². The molecule has 1 aliphatic carbocycles. The molecule has 0 bridgehead atoms. The second-order valence-electron chi connectivity index (χ2n) is 5.60. The van der Waals surface area contributed by atoms with Crippen LogP contribution in [0.1, 0.15) is 30.4 Å². The van der Waals surface area contributed by atoms with Crippen molar-refractivity contribution in [1.82, 2.24) is 0 Å². The first-order valence-electron chi connectivity index (χ1n) is 7.15. The molecule has 0 heterocycles. The number of hydrogen-bond donors (Lipinski definition) is 0. The standard InChI is InChI=1S/C18H16Cl2O/c19-15-8-4-9-16(20)14(15)12-17(21)18(10-5-11-18)13-6-2-1-3-7-13/h1-4,6-9H,5,10-12H2. The van der Waals surface area contributed by atoms with Gasteiger partial charge in [-0.1, -0.05) is 66.0 Å². The molecule has 0 unspecified atom stereocenters. The summed E-state index contributed by atoms with van der Waals surface area (Å²) in [4.78, 5) is 12.9. The molecule has 0 aromatic heterocycles. The Balaban J connectivity index is 1.91. The topological polar surface area (TPSA) is 17.1 Å². The van der Waals surface area contributed by atoms with Gasteiger partial charge in [-0.2, -0.15) is 0 Å². The highest BCUT2D eigenvalue weighted by Gasteiger charge is 2.44. The molecule has 3 rings (SSSR count). The molecule has 0 amide bonds. The average molecular weight is 319 g/mol. The third-order valence-electron chi connectivity index (χ3n) is 4.47. The smallest absolute Gasteiger partial charge is 0.147 e. The Bertz CT molecular complexity index is 640. The molecule has 1 saturated carbocycles. The first-order chi connectivity index (χ1) is 10.1. The van der Waals surface area contributed by atoms with E-state index in [9.17, 15) is 4.79 Å². The van der Waals surface area contributed by atoms with Gasteiger partial charge in [0.15, 0.2) is 0 Å². The molecule has 0 atom stereocenters. The van der Waals surface area contributed by atoms with Gasteiger partial charge in [-0.3, -0.25) is 4.79 Å². The van der Waals surface area contributed by atoms with Crippen molar-refractivity contribution in [3.63, 3.8) is 0 Å². The maximum Gasteiger partial charge on any atom is 0.147 e. The Kier molecular flexibility index (Phi) is 4.05. The highest BCUT2D eigenvalue weighted by molar-refractivity contribution is 6.36. The molecule has 3 heteroatoms. The number of halogens is 2. The van der Waals surface area contributed by atoms with Gasteiger partial charge in [0.05, 0.1) is 5.41 Å².